The molecule has 3 heterocycles. The molecule has 0 aliphatic rings. The molecule has 0 aliphatic carbocycles. The Balaban J connectivity index is 2.06. The fourth-order valence-corrected chi connectivity index (χ4v) is 3.74. The number of carbonyl (C=O) groups is 1. The quantitative estimate of drug-likeness (QED) is 0.429. The van der Waals surface area contributed by atoms with E-state index in [0.717, 1.165) is 65.8 Å². The van der Waals surface area contributed by atoms with Gasteiger partial charge in [-0.2, -0.15) is 0 Å². The molecule has 0 saturated carbocycles. The van der Waals surface area contributed by atoms with Crippen molar-refractivity contribution in [3.05, 3.63) is 36.3 Å². The zero-order valence-corrected chi connectivity index (χ0v) is 16.7. The Labute approximate surface area is 164 Å². The Hall–Kier alpha value is -2.89. The molecule has 0 fully saturated rings. The second kappa shape index (κ2) is 7.62. The molecule has 0 aliphatic heterocycles. The number of ether oxygens (including phenoxy) is 1. The first-order valence-electron chi connectivity index (χ1n) is 10.2. The van der Waals surface area contributed by atoms with Crippen LogP contribution in [0.2, 0.25) is 0 Å². The van der Waals surface area contributed by atoms with Crippen LogP contribution in [-0.2, 0) is 17.8 Å². The normalized spacial score (nSPS) is 11.7. The summed E-state index contributed by atoms with van der Waals surface area (Å²) in [5.41, 5.74) is 3.60. The maximum Gasteiger partial charge on any atom is 0.311 e. The Bertz CT molecular complexity index is 1160. The fraction of sp³-hybridized carbons (Fsp3) is 0.409. The number of aryl methyl sites for hydroxylation is 2. The zero-order chi connectivity index (χ0) is 19.7. The van der Waals surface area contributed by atoms with Crippen LogP contribution in [0.4, 0.5) is 0 Å². The van der Waals surface area contributed by atoms with Crippen LogP contribution in [0.25, 0.3) is 27.7 Å². The summed E-state index contributed by atoms with van der Waals surface area (Å²) < 4.78 is 9.95. The van der Waals surface area contributed by atoms with E-state index in [0.29, 0.717) is 12.2 Å². The highest BCUT2D eigenvalue weighted by Gasteiger charge is 2.21. The van der Waals surface area contributed by atoms with Crippen molar-refractivity contribution in [2.24, 2.45) is 0 Å². The van der Waals surface area contributed by atoms with Crippen molar-refractivity contribution >= 4 is 33.7 Å². The number of benzene rings is 1. The van der Waals surface area contributed by atoms with Gasteiger partial charge in [-0.05, 0) is 31.4 Å². The molecular weight excluding hydrogens is 352 g/mol. The molecule has 1 aromatic carbocycles. The molecule has 146 valence electrons. The van der Waals surface area contributed by atoms with Crippen molar-refractivity contribution in [3.63, 3.8) is 0 Å². The summed E-state index contributed by atoms with van der Waals surface area (Å²) in [7, 11) is 0. The summed E-state index contributed by atoms with van der Waals surface area (Å²) in [4.78, 5) is 22.1. The lowest BCUT2D eigenvalue weighted by atomic mass is 10.2. The number of fused-ring (bicyclic) bond motifs is 5. The summed E-state index contributed by atoms with van der Waals surface area (Å²) in [5, 5.41) is 0.814. The first kappa shape index (κ1) is 18.5. The van der Waals surface area contributed by atoms with Crippen molar-refractivity contribution in [2.45, 2.75) is 59.4 Å². The second-order valence-corrected chi connectivity index (χ2v) is 7.15. The number of para-hydroxylation sites is 2. The summed E-state index contributed by atoms with van der Waals surface area (Å²) in [5.74, 6) is 1.32. The van der Waals surface area contributed by atoms with Crippen LogP contribution in [0, 0.1) is 0 Å². The van der Waals surface area contributed by atoms with Crippen LogP contribution in [0.15, 0.2) is 30.5 Å². The van der Waals surface area contributed by atoms with E-state index in [9.17, 15) is 4.79 Å². The van der Waals surface area contributed by atoms with E-state index in [1.54, 1.807) is 0 Å². The second-order valence-electron chi connectivity index (χ2n) is 7.15. The van der Waals surface area contributed by atoms with Gasteiger partial charge in [0.05, 0.1) is 11.0 Å². The highest BCUT2D eigenvalue weighted by Crippen LogP contribution is 2.34. The van der Waals surface area contributed by atoms with Crippen LogP contribution in [0.5, 0.6) is 5.75 Å². The Morgan fingerprint density at radius 3 is 2.61 bits per heavy atom. The Kier molecular flexibility index (Phi) is 5.03. The molecule has 28 heavy (non-hydrogen) atoms. The summed E-state index contributed by atoms with van der Waals surface area (Å²) in [6.45, 7) is 7.07. The molecule has 4 rings (SSSR count). The maximum atomic E-state index is 12.2. The van der Waals surface area contributed by atoms with E-state index in [2.05, 4.69) is 28.9 Å². The molecule has 0 atom stereocenters. The van der Waals surface area contributed by atoms with Gasteiger partial charge in [-0.15, -0.1) is 0 Å². The first-order chi connectivity index (χ1) is 13.7. The van der Waals surface area contributed by atoms with Crippen molar-refractivity contribution in [1.82, 2.24) is 18.9 Å². The van der Waals surface area contributed by atoms with Crippen LogP contribution < -0.4 is 4.74 Å². The third-order valence-corrected chi connectivity index (χ3v) is 4.91. The van der Waals surface area contributed by atoms with Gasteiger partial charge in [-0.25, -0.2) is 9.97 Å². The Morgan fingerprint density at radius 1 is 1.04 bits per heavy atom. The molecular formula is C22H26N4O2. The predicted molar refractivity (Wildman–Crippen MR) is 111 cm³/mol. The molecule has 0 amide bonds. The lowest BCUT2D eigenvalue weighted by Gasteiger charge is -2.08. The number of rotatable bonds is 7. The average Bonchev–Trinajstić information content (AvgIpc) is 3.21. The molecule has 0 N–H and O–H groups in total. The van der Waals surface area contributed by atoms with Gasteiger partial charge < -0.3 is 9.30 Å². The monoisotopic (exact) mass is 378 g/mol. The van der Waals surface area contributed by atoms with Crippen molar-refractivity contribution in [1.29, 1.82) is 0 Å². The van der Waals surface area contributed by atoms with Crippen LogP contribution in [0.3, 0.4) is 0 Å². The number of hydrogen-bond acceptors (Lipinski definition) is 4. The smallest absolute Gasteiger partial charge is 0.311 e. The first-order valence-corrected chi connectivity index (χ1v) is 10.2. The number of hydrogen-bond donors (Lipinski definition) is 0. The van der Waals surface area contributed by atoms with E-state index < -0.39 is 0 Å². The molecule has 0 unspecified atom stereocenters. The van der Waals surface area contributed by atoms with Crippen molar-refractivity contribution in [2.75, 3.05) is 0 Å². The highest BCUT2D eigenvalue weighted by atomic mass is 16.5. The summed E-state index contributed by atoms with van der Waals surface area (Å²) in [6.07, 6.45) is 5.88. The lowest BCUT2D eigenvalue weighted by molar-refractivity contribution is -0.134. The maximum absolute atomic E-state index is 12.2. The minimum Gasteiger partial charge on any atom is -0.424 e. The van der Waals surface area contributed by atoms with Crippen LogP contribution >= 0.6 is 0 Å². The number of nitrogens with zero attached hydrogens (tertiary/aromatic N) is 4. The SMILES string of the molecule is CCCC(=O)Oc1cn(CCC)c2nc(CCC)n3c4ccccc4nc3c12. The van der Waals surface area contributed by atoms with Crippen LogP contribution in [0.1, 0.15) is 52.3 Å². The lowest BCUT2D eigenvalue weighted by Crippen LogP contribution is -2.07. The third-order valence-electron chi connectivity index (χ3n) is 4.91. The molecule has 0 spiro atoms. The highest BCUT2D eigenvalue weighted by molar-refractivity contribution is 6.00. The standard InChI is InChI=1S/C22H26N4O2/c1-4-9-18-24-21-20(22-23-15-11-7-8-12-16(15)26(18)22)17(14-25(21)13-6-3)28-19(27)10-5-2/h7-8,11-12,14H,4-6,9-10,13H2,1-3H3. The molecule has 0 radical (unpaired) electrons. The van der Waals surface area contributed by atoms with E-state index in [1.807, 2.05) is 31.3 Å². The van der Waals surface area contributed by atoms with E-state index >= 15 is 0 Å². The molecule has 4 aromatic rings. The van der Waals surface area contributed by atoms with Gasteiger partial charge in [0.25, 0.3) is 0 Å². The predicted octanol–water partition coefficient (Wildman–Crippen LogP) is 4.91. The molecule has 6 heteroatoms. The van der Waals surface area contributed by atoms with Gasteiger partial charge in [0, 0.05) is 25.6 Å². The minimum absolute atomic E-state index is 0.218. The number of imidazole rings is 1. The van der Waals surface area contributed by atoms with Crippen molar-refractivity contribution < 1.29 is 9.53 Å². The van der Waals surface area contributed by atoms with E-state index in [1.165, 1.54) is 0 Å². The molecule has 0 saturated heterocycles. The van der Waals surface area contributed by atoms with E-state index in [-0.39, 0.29) is 5.97 Å². The van der Waals surface area contributed by atoms with Gasteiger partial charge in [0.15, 0.2) is 11.4 Å². The zero-order valence-electron chi connectivity index (χ0n) is 16.7. The van der Waals surface area contributed by atoms with Crippen LogP contribution in [-0.4, -0.2) is 24.9 Å². The van der Waals surface area contributed by atoms with Gasteiger partial charge in [0.2, 0.25) is 0 Å². The number of esters is 1. The number of aromatic nitrogens is 4. The van der Waals surface area contributed by atoms with E-state index in [4.69, 9.17) is 14.7 Å². The summed E-state index contributed by atoms with van der Waals surface area (Å²) >= 11 is 0. The topological polar surface area (TPSA) is 61.4 Å². The molecule has 0 bridgehead atoms. The largest absolute Gasteiger partial charge is 0.424 e. The van der Waals surface area contributed by atoms with Gasteiger partial charge in [-0.3, -0.25) is 9.20 Å². The van der Waals surface area contributed by atoms with Crippen molar-refractivity contribution in [3.8, 4) is 5.75 Å². The Morgan fingerprint density at radius 2 is 1.86 bits per heavy atom. The molecule has 6 nitrogen and oxygen atoms in total. The van der Waals surface area contributed by atoms with Gasteiger partial charge in [0.1, 0.15) is 16.9 Å². The van der Waals surface area contributed by atoms with Gasteiger partial charge >= 0.3 is 5.97 Å². The minimum atomic E-state index is -0.218. The fourth-order valence-electron chi connectivity index (χ4n) is 3.74. The third kappa shape index (κ3) is 3.03. The molecule has 3 aromatic heterocycles. The average molecular weight is 378 g/mol. The summed E-state index contributed by atoms with van der Waals surface area (Å²) in [6, 6.07) is 8.08. The number of carbonyl (C=O) groups excluding carboxylic acids is 1. The van der Waals surface area contributed by atoms with Gasteiger partial charge in [-0.1, -0.05) is 32.9 Å².